The van der Waals surface area contributed by atoms with Crippen LogP contribution in [0.4, 0.5) is 0 Å². The minimum absolute atomic E-state index is 0.195. The number of aromatic nitrogens is 2. The Kier molecular flexibility index (Phi) is 9.70. The van der Waals surface area contributed by atoms with Crippen molar-refractivity contribution in [2.45, 2.75) is 38.4 Å². The van der Waals surface area contributed by atoms with Gasteiger partial charge >= 0.3 is 17.9 Å². The third-order valence-corrected chi connectivity index (χ3v) is 4.92. The lowest BCUT2D eigenvalue weighted by Crippen LogP contribution is -2.35. The average Bonchev–Trinajstić information content (AvgIpc) is 3.02. The first-order valence-electron chi connectivity index (χ1n) is 10.3. The third kappa shape index (κ3) is 8.40. The molecule has 1 aliphatic rings. The van der Waals surface area contributed by atoms with Crippen molar-refractivity contribution < 1.29 is 29.7 Å². The van der Waals surface area contributed by atoms with Crippen LogP contribution in [0.3, 0.4) is 0 Å². The fourth-order valence-corrected chi connectivity index (χ4v) is 3.30. The average molecular weight is 450 g/mol. The van der Waals surface area contributed by atoms with Gasteiger partial charge in [-0.1, -0.05) is 6.42 Å². The fourth-order valence-electron chi connectivity index (χ4n) is 3.30. The maximum Gasteiger partial charge on any atom is 0.323 e. The normalized spacial score (nSPS) is 14.6. The summed E-state index contributed by atoms with van der Waals surface area (Å²) in [5, 5.41) is 30.3. The molecule has 32 heavy (non-hydrogen) atoms. The number of rotatable bonds is 14. The summed E-state index contributed by atoms with van der Waals surface area (Å²) in [5.41, 5.74) is 6.36. The Balaban J connectivity index is 2.12. The van der Waals surface area contributed by atoms with Crippen LogP contribution < -0.4 is 11.1 Å². The van der Waals surface area contributed by atoms with Gasteiger partial charge in [-0.05, 0) is 25.5 Å². The molecule has 1 aromatic rings. The van der Waals surface area contributed by atoms with E-state index < -0.39 is 23.9 Å². The second kappa shape index (κ2) is 12.5. The van der Waals surface area contributed by atoms with E-state index in [1.54, 1.807) is 28.1 Å². The van der Waals surface area contributed by atoms with Crippen molar-refractivity contribution in [1.29, 1.82) is 0 Å². The molecule has 0 aromatic carbocycles. The van der Waals surface area contributed by atoms with Crippen LogP contribution in [0.15, 0.2) is 36.6 Å². The van der Waals surface area contributed by atoms with E-state index in [1.807, 2.05) is 11.0 Å². The summed E-state index contributed by atoms with van der Waals surface area (Å²) in [7, 11) is 0. The van der Waals surface area contributed by atoms with E-state index in [-0.39, 0.29) is 13.1 Å². The van der Waals surface area contributed by atoms with Gasteiger partial charge in [0.1, 0.15) is 25.0 Å². The van der Waals surface area contributed by atoms with Crippen molar-refractivity contribution in [1.82, 2.24) is 24.7 Å². The van der Waals surface area contributed by atoms with Gasteiger partial charge in [-0.15, -0.1) is 0 Å². The standard InChI is InChI=1S/C20H30N6O6/c21-16(20(31)32)3-1-2-8-24(12-17-23-7-10-26(17)14-19(29)30)11-15-4-5-22-6-9-25(15)13-18(27)28/h4,6-7,9-10,16,22H,1-3,5,8,11-14,21H2,(H,27,28)(H,29,30)(H,31,32). The largest absolute Gasteiger partial charge is 0.480 e. The van der Waals surface area contributed by atoms with Crippen LogP contribution in [0.2, 0.25) is 0 Å². The van der Waals surface area contributed by atoms with Gasteiger partial charge in [0.2, 0.25) is 0 Å². The van der Waals surface area contributed by atoms with E-state index in [4.69, 9.17) is 15.9 Å². The van der Waals surface area contributed by atoms with Crippen molar-refractivity contribution in [3.63, 3.8) is 0 Å². The second-order valence-corrected chi connectivity index (χ2v) is 7.46. The molecule has 0 bridgehead atoms. The molecule has 0 radical (unpaired) electrons. The van der Waals surface area contributed by atoms with Crippen LogP contribution >= 0.6 is 0 Å². The minimum atomic E-state index is -1.04. The SMILES string of the molecule is NC(CCCCN(CC1=CCNC=CN1CC(=O)O)Cc1nccn1CC(=O)O)C(=O)O. The van der Waals surface area contributed by atoms with Crippen LogP contribution in [0.25, 0.3) is 0 Å². The molecule has 1 unspecified atom stereocenters. The Hall–Kier alpha value is -3.38. The molecule has 2 rings (SSSR count). The summed E-state index contributed by atoms with van der Waals surface area (Å²) in [5.74, 6) is -2.41. The Morgan fingerprint density at radius 2 is 1.91 bits per heavy atom. The van der Waals surface area contributed by atoms with Crippen molar-refractivity contribution in [2.75, 3.05) is 26.2 Å². The number of nitrogens with two attached hydrogens (primary N) is 1. The predicted octanol–water partition coefficient (Wildman–Crippen LogP) is -0.303. The number of unbranched alkanes of at least 4 members (excludes halogenated alkanes) is 1. The summed E-state index contributed by atoms with van der Waals surface area (Å²) in [6.07, 6.45) is 10.0. The van der Waals surface area contributed by atoms with Crippen LogP contribution in [-0.4, -0.2) is 84.8 Å². The quantitative estimate of drug-likeness (QED) is 0.235. The zero-order chi connectivity index (χ0) is 23.5. The van der Waals surface area contributed by atoms with E-state index in [0.717, 1.165) is 5.70 Å². The number of carbonyl (C=O) groups is 3. The Labute approximate surface area is 185 Å². The van der Waals surface area contributed by atoms with E-state index in [2.05, 4.69) is 10.3 Å². The molecule has 12 nitrogen and oxygen atoms in total. The highest BCUT2D eigenvalue weighted by Gasteiger charge is 2.19. The van der Waals surface area contributed by atoms with Crippen LogP contribution in [-0.2, 0) is 27.5 Å². The first-order valence-corrected chi connectivity index (χ1v) is 10.3. The second-order valence-electron chi connectivity index (χ2n) is 7.46. The Bertz CT molecular complexity index is 851. The van der Waals surface area contributed by atoms with Gasteiger partial charge in [0.15, 0.2) is 0 Å². The third-order valence-electron chi connectivity index (χ3n) is 4.92. The Morgan fingerprint density at radius 1 is 1.16 bits per heavy atom. The Morgan fingerprint density at radius 3 is 2.59 bits per heavy atom. The van der Waals surface area contributed by atoms with Gasteiger partial charge in [0.05, 0.1) is 6.54 Å². The van der Waals surface area contributed by atoms with Gasteiger partial charge in [0, 0.05) is 43.6 Å². The lowest BCUT2D eigenvalue weighted by molar-refractivity contribution is -0.139. The molecule has 0 saturated heterocycles. The smallest absolute Gasteiger partial charge is 0.323 e. The molecule has 1 aromatic heterocycles. The van der Waals surface area contributed by atoms with Crippen molar-refractivity contribution in [3.8, 4) is 0 Å². The van der Waals surface area contributed by atoms with Crippen molar-refractivity contribution in [2.24, 2.45) is 5.73 Å². The van der Waals surface area contributed by atoms with Gasteiger partial charge < -0.3 is 35.8 Å². The molecular weight excluding hydrogens is 420 g/mol. The summed E-state index contributed by atoms with van der Waals surface area (Å²) in [4.78, 5) is 41.3. The maximum absolute atomic E-state index is 11.3. The molecule has 0 aliphatic carbocycles. The number of imidazole rings is 1. The number of nitrogens with zero attached hydrogens (tertiary/aromatic N) is 4. The van der Waals surface area contributed by atoms with E-state index in [9.17, 15) is 19.5 Å². The highest BCUT2D eigenvalue weighted by molar-refractivity contribution is 5.72. The molecule has 1 atom stereocenters. The molecule has 6 N–H and O–H groups in total. The predicted molar refractivity (Wildman–Crippen MR) is 114 cm³/mol. The summed E-state index contributed by atoms with van der Waals surface area (Å²) >= 11 is 0. The number of aliphatic carboxylic acids is 3. The molecule has 1 aliphatic heterocycles. The fraction of sp³-hybridized carbons (Fsp3) is 0.500. The maximum atomic E-state index is 11.3. The highest BCUT2D eigenvalue weighted by Crippen LogP contribution is 2.14. The molecule has 176 valence electrons. The first-order chi connectivity index (χ1) is 15.3. The molecular formula is C20H30N6O6. The van der Waals surface area contributed by atoms with Crippen LogP contribution in [0.5, 0.6) is 0 Å². The monoisotopic (exact) mass is 450 g/mol. The van der Waals surface area contributed by atoms with E-state index in [1.165, 1.54) is 6.20 Å². The molecule has 0 saturated carbocycles. The summed E-state index contributed by atoms with van der Waals surface area (Å²) < 4.78 is 1.55. The molecule has 0 spiro atoms. The van der Waals surface area contributed by atoms with Gasteiger partial charge in [-0.2, -0.15) is 0 Å². The molecule has 12 heteroatoms. The van der Waals surface area contributed by atoms with Crippen molar-refractivity contribution >= 4 is 17.9 Å². The topological polar surface area (TPSA) is 174 Å². The lowest BCUT2D eigenvalue weighted by atomic mass is 10.1. The zero-order valence-electron chi connectivity index (χ0n) is 17.8. The molecule has 0 fully saturated rings. The van der Waals surface area contributed by atoms with Crippen LogP contribution in [0.1, 0.15) is 25.1 Å². The number of carboxylic acids is 3. The molecule has 0 amide bonds. The van der Waals surface area contributed by atoms with Crippen LogP contribution in [0, 0.1) is 0 Å². The minimum Gasteiger partial charge on any atom is -0.480 e. The zero-order valence-corrected chi connectivity index (χ0v) is 17.8. The van der Waals surface area contributed by atoms with Gasteiger partial charge in [0.25, 0.3) is 0 Å². The number of hydrogen-bond acceptors (Lipinski definition) is 8. The first kappa shape index (κ1) is 24.9. The van der Waals surface area contributed by atoms with Crippen molar-refractivity contribution in [3.05, 3.63) is 42.4 Å². The molecule has 2 heterocycles. The summed E-state index contributed by atoms with van der Waals surface area (Å²) in [6.45, 7) is 1.46. The summed E-state index contributed by atoms with van der Waals surface area (Å²) in [6, 6.07) is -0.912. The number of carboxylic acid groups (broad SMARTS) is 3. The lowest BCUT2D eigenvalue weighted by Gasteiger charge is -2.28. The number of nitrogens with one attached hydrogen (secondary N) is 1. The van der Waals surface area contributed by atoms with E-state index >= 15 is 0 Å². The highest BCUT2D eigenvalue weighted by atomic mass is 16.4. The van der Waals surface area contributed by atoms with Gasteiger partial charge in [-0.25, -0.2) is 4.98 Å². The van der Waals surface area contributed by atoms with E-state index in [0.29, 0.717) is 51.3 Å². The van der Waals surface area contributed by atoms with Gasteiger partial charge in [-0.3, -0.25) is 19.3 Å². The number of hydrogen-bond donors (Lipinski definition) is 5.